The van der Waals surface area contributed by atoms with E-state index >= 15 is 0 Å². The predicted octanol–water partition coefficient (Wildman–Crippen LogP) is 4.95. The number of carbonyl (C=O) groups excluding carboxylic acids is 2. The molecule has 0 bridgehead atoms. The van der Waals surface area contributed by atoms with Crippen LogP contribution >= 0.6 is 34.8 Å². The minimum Gasteiger partial charge on any atom is -0.324 e. The summed E-state index contributed by atoms with van der Waals surface area (Å²) in [6, 6.07) is 10.3. The van der Waals surface area contributed by atoms with Crippen LogP contribution in [-0.2, 0) is 9.59 Å². The van der Waals surface area contributed by atoms with Crippen LogP contribution in [0.15, 0.2) is 36.4 Å². The van der Waals surface area contributed by atoms with Gasteiger partial charge in [0.1, 0.15) is 0 Å². The Bertz CT molecular complexity index is 854. The Balaban J connectivity index is 1.75. The summed E-state index contributed by atoms with van der Waals surface area (Å²) in [5.74, 6) is -0.813. The molecule has 1 atom stereocenters. The third kappa shape index (κ3) is 3.76. The molecule has 0 radical (unpaired) electrons. The molecule has 130 valence electrons. The number of halogens is 3. The van der Waals surface area contributed by atoms with E-state index in [1.165, 1.54) is 0 Å². The second-order valence-electron chi connectivity index (χ2n) is 5.93. The highest BCUT2D eigenvalue weighted by atomic mass is 35.5. The summed E-state index contributed by atoms with van der Waals surface area (Å²) in [5.41, 5.74) is 2.10. The fourth-order valence-corrected chi connectivity index (χ4v) is 3.45. The molecule has 1 unspecified atom stereocenters. The normalized spacial score (nSPS) is 17.0. The minimum absolute atomic E-state index is 0.0947. The van der Waals surface area contributed by atoms with Gasteiger partial charge in [-0.1, -0.05) is 40.9 Å². The van der Waals surface area contributed by atoms with Crippen LogP contribution in [0.5, 0.6) is 0 Å². The number of rotatable bonds is 3. The van der Waals surface area contributed by atoms with Crippen LogP contribution in [0, 0.1) is 12.8 Å². The highest BCUT2D eigenvalue weighted by Crippen LogP contribution is 2.32. The molecule has 4 nitrogen and oxygen atoms in total. The molecule has 0 saturated carbocycles. The van der Waals surface area contributed by atoms with Gasteiger partial charge in [0.2, 0.25) is 11.8 Å². The lowest BCUT2D eigenvalue weighted by atomic mass is 10.1. The highest BCUT2D eigenvalue weighted by Gasteiger charge is 2.35. The summed E-state index contributed by atoms with van der Waals surface area (Å²) in [6.07, 6.45) is 0.145. The Morgan fingerprint density at radius 3 is 2.68 bits per heavy atom. The zero-order chi connectivity index (χ0) is 18.1. The lowest BCUT2D eigenvalue weighted by molar-refractivity contribution is -0.122. The second kappa shape index (κ2) is 7.24. The number of nitrogens with zero attached hydrogens (tertiary/aromatic N) is 1. The molecule has 1 aliphatic rings. The number of anilines is 2. The summed E-state index contributed by atoms with van der Waals surface area (Å²) < 4.78 is 0. The molecule has 1 heterocycles. The van der Waals surface area contributed by atoms with Crippen molar-refractivity contribution in [3.63, 3.8) is 0 Å². The first-order valence-electron chi connectivity index (χ1n) is 7.68. The molecule has 2 amide bonds. The SMILES string of the molecule is Cc1cc(Cl)ccc1N1CC(C(=O)Nc2cccc(Cl)c2Cl)CC1=O. The monoisotopic (exact) mass is 396 g/mol. The maximum atomic E-state index is 12.5. The van der Waals surface area contributed by atoms with Crippen molar-refractivity contribution in [2.75, 3.05) is 16.8 Å². The van der Waals surface area contributed by atoms with Gasteiger partial charge in [0.05, 0.1) is 21.7 Å². The van der Waals surface area contributed by atoms with Gasteiger partial charge in [-0.25, -0.2) is 0 Å². The first kappa shape index (κ1) is 18.1. The molecular formula is C18H15Cl3N2O2. The van der Waals surface area contributed by atoms with E-state index in [1.807, 2.05) is 6.92 Å². The van der Waals surface area contributed by atoms with Crippen molar-refractivity contribution in [1.82, 2.24) is 0 Å². The van der Waals surface area contributed by atoms with Crippen LogP contribution in [0.3, 0.4) is 0 Å². The molecule has 1 fully saturated rings. The van der Waals surface area contributed by atoms with Crippen molar-refractivity contribution >= 4 is 58.0 Å². The maximum absolute atomic E-state index is 12.5. The lowest BCUT2D eigenvalue weighted by Crippen LogP contribution is -2.28. The zero-order valence-electron chi connectivity index (χ0n) is 13.4. The van der Waals surface area contributed by atoms with E-state index in [9.17, 15) is 9.59 Å². The van der Waals surface area contributed by atoms with Gasteiger partial charge >= 0.3 is 0 Å². The summed E-state index contributed by atoms with van der Waals surface area (Å²) in [7, 11) is 0. The summed E-state index contributed by atoms with van der Waals surface area (Å²) in [4.78, 5) is 26.5. The lowest BCUT2D eigenvalue weighted by Gasteiger charge is -2.19. The van der Waals surface area contributed by atoms with Crippen LogP contribution < -0.4 is 10.2 Å². The first-order chi connectivity index (χ1) is 11.9. The Hall–Kier alpha value is -1.75. The molecule has 25 heavy (non-hydrogen) atoms. The van der Waals surface area contributed by atoms with E-state index in [1.54, 1.807) is 41.3 Å². The topological polar surface area (TPSA) is 49.4 Å². The number of benzene rings is 2. The third-order valence-corrected chi connectivity index (χ3v) is 5.21. The number of amides is 2. The molecule has 1 aliphatic heterocycles. The van der Waals surface area contributed by atoms with E-state index in [4.69, 9.17) is 34.8 Å². The zero-order valence-corrected chi connectivity index (χ0v) is 15.6. The molecule has 0 spiro atoms. The molecular weight excluding hydrogens is 383 g/mol. The minimum atomic E-state index is -0.461. The molecule has 2 aromatic carbocycles. The van der Waals surface area contributed by atoms with E-state index in [0.717, 1.165) is 11.3 Å². The van der Waals surface area contributed by atoms with Crippen LogP contribution in [-0.4, -0.2) is 18.4 Å². The van der Waals surface area contributed by atoms with Crippen LogP contribution in [0.1, 0.15) is 12.0 Å². The van der Waals surface area contributed by atoms with Crippen molar-refractivity contribution < 1.29 is 9.59 Å². The third-order valence-electron chi connectivity index (χ3n) is 4.15. The van der Waals surface area contributed by atoms with Gasteiger partial charge in [0.25, 0.3) is 0 Å². The molecule has 3 rings (SSSR count). The molecule has 2 aromatic rings. The Kier molecular flexibility index (Phi) is 5.23. The highest BCUT2D eigenvalue weighted by molar-refractivity contribution is 6.44. The number of nitrogens with one attached hydrogen (secondary N) is 1. The maximum Gasteiger partial charge on any atom is 0.229 e. The number of hydrogen-bond acceptors (Lipinski definition) is 2. The smallest absolute Gasteiger partial charge is 0.229 e. The molecule has 7 heteroatoms. The van der Waals surface area contributed by atoms with Crippen molar-refractivity contribution in [1.29, 1.82) is 0 Å². The average molecular weight is 398 g/mol. The number of aryl methyl sites for hydroxylation is 1. The number of carbonyl (C=O) groups is 2. The number of hydrogen-bond donors (Lipinski definition) is 1. The molecule has 1 N–H and O–H groups in total. The summed E-state index contributed by atoms with van der Waals surface area (Å²) in [5, 5.41) is 4.01. The van der Waals surface area contributed by atoms with Crippen LogP contribution in [0.4, 0.5) is 11.4 Å². The molecule has 0 aromatic heterocycles. The predicted molar refractivity (Wildman–Crippen MR) is 102 cm³/mol. The fraction of sp³-hybridized carbons (Fsp3) is 0.222. The van der Waals surface area contributed by atoms with Crippen LogP contribution in [0.2, 0.25) is 15.1 Å². The van der Waals surface area contributed by atoms with Crippen molar-refractivity contribution in [2.45, 2.75) is 13.3 Å². The Morgan fingerprint density at radius 2 is 1.96 bits per heavy atom. The van der Waals surface area contributed by atoms with E-state index in [2.05, 4.69) is 5.32 Å². The van der Waals surface area contributed by atoms with Gasteiger partial charge in [0.15, 0.2) is 0 Å². The Morgan fingerprint density at radius 1 is 1.20 bits per heavy atom. The quantitative estimate of drug-likeness (QED) is 0.797. The first-order valence-corrected chi connectivity index (χ1v) is 8.81. The van der Waals surface area contributed by atoms with Crippen molar-refractivity contribution in [3.05, 3.63) is 57.0 Å². The standard InChI is InChI=1S/C18H15Cl3N2O2/c1-10-7-12(19)5-6-15(10)23-9-11(8-16(23)24)18(25)22-14-4-2-3-13(20)17(14)21/h2-7,11H,8-9H2,1H3,(H,22,25). The van der Waals surface area contributed by atoms with E-state index in [-0.39, 0.29) is 23.3 Å². The summed E-state index contributed by atoms with van der Waals surface area (Å²) in [6.45, 7) is 2.19. The molecule has 0 aliphatic carbocycles. The fourth-order valence-electron chi connectivity index (χ4n) is 2.87. The average Bonchev–Trinajstić information content (AvgIpc) is 2.94. The van der Waals surface area contributed by atoms with E-state index in [0.29, 0.717) is 22.3 Å². The van der Waals surface area contributed by atoms with Gasteiger partial charge in [-0.2, -0.15) is 0 Å². The summed E-state index contributed by atoms with van der Waals surface area (Å²) >= 11 is 18.0. The van der Waals surface area contributed by atoms with Gasteiger partial charge < -0.3 is 10.2 Å². The van der Waals surface area contributed by atoms with E-state index < -0.39 is 5.92 Å². The molecule has 1 saturated heterocycles. The van der Waals surface area contributed by atoms with Gasteiger partial charge in [-0.3, -0.25) is 9.59 Å². The van der Waals surface area contributed by atoms with Gasteiger partial charge in [-0.15, -0.1) is 0 Å². The van der Waals surface area contributed by atoms with Crippen molar-refractivity contribution in [3.8, 4) is 0 Å². The van der Waals surface area contributed by atoms with Gasteiger partial charge in [-0.05, 0) is 42.8 Å². The largest absolute Gasteiger partial charge is 0.324 e. The Labute approximate surface area is 160 Å². The van der Waals surface area contributed by atoms with Crippen LogP contribution in [0.25, 0.3) is 0 Å². The van der Waals surface area contributed by atoms with Crippen molar-refractivity contribution in [2.24, 2.45) is 5.92 Å². The second-order valence-corrected chi connectivity index (χ2v) is 7.15. The van der Waals surface area contributed by atoms with Gasteiger partial charge in [0, 0.05) is 23.7 Å².